The van der Waals surface area contributed by atoms with Gasteiger partial charge >= 0.3 is 11.9 Å². The second-order valence-corrected chi connectivity index (χ2v) is 6.27. The molecule has 0 fully saturated rings. The van der Waals surface area contributed by atoms with Crippen LogP contribution < -0.4 is 10.6 Å². The highest BCUT2D eigenvalue weighted by molar-refractivity contribution is 6.10. The molecule has 0 saturated carbocycles. The highest BCUT2D eigenvalue weighted by Crippen LogP contribution is 2.35. The Hall–Kier alpha value is -4.55. The molecule has 13 heteroatoms. The predicted octanol–water partition coefficient (Wildman–Crippen LogP) is 2.05. The van der Waals surface area contributed by atoms with Crippen molar-refractivity contribution in [2.75, 3.05) is 10.6 Å². The number of carbonyl (C=O) groups is 3. The molecule has 2 rings (SSSR count). The number of benzene rings is 2. The maximum Gasteiger partial charge on any atom is 0.326 e. The van der Waals surface area contributed by atoms with Crippen LogP contribution in [0.5, 0.6) is 0 Å². The van der Waals surface area contributed by atoms with Crippen molar-refractivity contribution in [2.45, 2.75) is 18.9 Å². The number of hydrogen-bond donors (Lipinski definition) is 3. The second-order valence-electron chi connectivity index (χ2n) is 6.27. The van der Waals surface area contributed by atoms with Gasteiger partial charge in [0.15, 0.2) is 0 Å². The van der Waals surface area contributed by atoms with E-state index in [2.05, 4.69) is 0 Å². The second kappa shape index (κ2) is 9.30. The maximum atomic E-state index is 13.2. The Morgan fingerprint density at radius 3 is 2.10 bits per heavy atom. The number of nitro benzene ring substituents is 2. The summed E-state index contributed by atoms with van der Waals surface area (Å²) >= 11 is 0. The number of aliphatic carboxylic acids is 2. The van der Waals surface area contributed by atoms with Crippen molar-refractivity contribution < 1.29 is 34.4 Å². The number of amides is 1. The fourth-order valence-electron chi connectivity index (χ4n) is 2.78. The summed E-state index contributed by atoms with van der Waals surface area (Å²) in [6.45, 7) is 0. The molecule has 0 aliphatic heterocycles. The van der Waals surface area contributed by atoms with Crippen LogP contribution in [-0.4, -0.2) is 43.9 Å². The highest BCUT2D eigenvalue weighted by Gasteiger charge is 2.36. The van der Waals surface area contributed by atoms with Crippen molar-refractivity contribution >= 4 is 40.6 Å². The third kappa shape index (κ3) is 5.29. The van der Waals surface area contributed by atoms with Crippen molar-refractivity contribution in [3.63, 3.8) is 0 Å². The summed E-state index contributed by atoms with van der Waals surface area (Å²) in [4.78, 5) is 57.2. The number of carbonyl (C=O) groups excluding carboxylic acids is 1. The van der Waals surface area contributed by atoms with Gasteiger partial charge in [0.25, 0.3) is 17.3 Å². The molecule has 0 bridgehead atoms. The third-order valence-corrected chi connectivity index (χ3v) is 4.23. The highest BCUT2D eigenvalue weighted by atomic mass is 16.6. The zero-order valence-electron chi connectivity index (χ0n) is 15.7. The molecule has 2 aromatic carbocycles. The van der Waals surface area contributed by atoms with Crippen LogP contribution in [0.1, 0.15) is 23.2 Å². The summed E-state index contributed by atoms with van der Waals surface area (Å²) in [5.74, 6) is -3.95. The Balaban J connectivity index is 2.71. The molecule has 4 N–H and O–H groups in total. The smallest absolute Gasteiger partial charge is 0.326 e. The minimum Gasteiger partial charge on any atom is -0.481 e. The number of anilines is 2. The molecule has 1 amide bonds. The lowest BCUT2D eigenvalue weighted by molar-refractivity contribution is -0.393. The van der Waals surface area contributed by atoms with Crippen LogP contribution in [-0.2, 0) is 9.59 Å². The molecular formula is C18H16N4O9. The zero-order chi connectivity index (χ0) is 23.3. The standard InChI is InChI=1S/C18H16N4O9/c19-11-3-1-10(2-4-11)17(25)20(14(18(26)27)7-8-16(23)24)13-6-5-12(21(28)29)9-15(13)22(30)31/h1-6,9,14H,7-8,19H2,(H,23,24)(H,26,27)/t14-/m0/s1. The Bertz CT molecular complexity index is 1050. The van der Waals surface area contributed by atoms with Gasteiger partial charge in [-0.3, -0.25) is 34.7 Å². The van der Waals surface area contributed by atoms with Crippen LogP contribution in [0.25, 0.3) is 0 Å². The Morgan fingerprint density at radius 2 is 1.61 bits per heavy atom. The predicted molar refractivity (Wildman–Crippen MR) is 106 cm³/mol. The van der Waals surface area contributed by atoms with Crippen molar-refractivity contribution in [3.8, 4) is 0 Å². The molecule has 0 radical (unpaired) electrons. The van der Waals surface area contributed by atoms with Gasteiger partial charge in [0.05, 0.1) is 15.9 Å². The summed E-state index contributed by atoms with van der Waals surface area (Å²) in [6, 6.07) is 5.77. The van der Waals surface area contributed by atoms with Gasteiger partial charge < -0.3 is 15.9 Å². The molecule has 31 heavy (non-hydrogen) atoms. The molecule has 0 heterocycles. The molecule has 0 aliphatic carbocycles. The number of non-ortho nitro benzene ring substituents is 1. The number of nitrogens with two attached hydrogens (primary N) is 1. The largest absolute Gasteiger partial charge is 0.481 e. The van der Waals surface area contributed by atoms with Gasteiger partial charge in [0, 0.05) is 23.7 Å². The fraction of sp³-hybridized carbons (Fsp3) is 0.167. The lowest BCUT2D eigenvalue weighted by atomic mass is 10.0. The molecule has 0 unspecified atom stereocenters. The van der Waals surface area contributed by atoms with Gasteiger partial charge in [0.1, 0.15) is 11.7 Å². The molecule has 0 spiro atoms. The van der Waals surface area contributed by atoms with Crippen molar-refractivity contribution in [2.24, 2.45) is 0 Å². The van der Waals surface area contributed by atoms with Crippen molar-refractivity contribution in [1.82, 2.24) is 0 Å². The van der Waals surface area contributed by atoms with E-state index in [-0.39, 0.29) is 5.56 Å². The van der Waals surface area contributed by atoms with Gasteiger partial charge in [-0.1, -0.05) is 0 Å². The lowest BCUT2D eigenvalue weighted by Gasteiger charge is -2.28. The molecule has 2 aromatic rings. The van der Waals surface area contributed by atoms with E-state index in [1.54, 1.807) is 0 Å². The Kier molecular flexibility index (Phi) is 6.82. The lowest BCUT2D eigenvalue weighted by Crippen LogP contribution is -2.46. The van der Waals surface area contributed by atoms with Crippen LogP contribution in [0.2, 0.25) is 0 Å². The molecule has 0 aliphatic rings. The molecule has 0 saturated heterocycles. The van der Waals surface area contributed by atoms with Gasteiger partial charge in [-0.15, -0.1) is 0 Å². The first-order valence-electron chi connectivity index (χ1n) is 8.59. The fourth-order valence-corrected chi connectivity index (χ4v) is 2.78. The average molecular weight is 432 g/mol. The van der Waals surface area contributed by atoms with Crippen molar-refractivity contribution in [3.05, 3.63) is 68.3 Å². The maximum absolute atomic E-state index is 13.2. The van der Waals surface area contributed by atoms with Crippen LogP contribution in [0.3, 0.4) is 0 Å². The minimum atomic E-state index is -1.80. The van der Waals surface area contributed by atoms with Gasteiger partial charge in [0.2, 0.25) is 0 Å². The van der Waals surface area contributed by atoms with Crippen LogP contribution >= 0.6 is 0 Å². The molecular weight excluding hydrogens is 416 g/mol. The van der Waals surface area contributed by atoms with Gasteiger partial charge in [-0.25, -0.2) is 4.79 Å². The van der Waals surface area contributed by atoms with Crippen LogP contribution in [0.4, 0.5) is 22.7 Å². The van der Waals surface area contributed by atoms with E-state index in [1.165, 1.54) is 24.3 Å². The number of carboxylic acid groups (broad SMARTS) is 2. The van der Waals surface area contributed by atoms with E-state index in [0.29, 0.717) is 16.7 Å². The van der Waals surface area contributed by atoms with Crippen LogP contribution in [0.15, 0.2) is 42.5 Å². The van der Waals surface area contributed by atoms with E-state index >= 15 is 0 Å². The van der Waals surface area contributed by atoms with Gasteiger partial charge in [-0.05, 0) is 36.8 Å². The molecule has 1 atom stereocenters. The van der Waals surface area contributed by atoms with Crippen molar-refractivity contribution in [1.29, 1.82) is 0 Å². The average Bonchev–Trinajstić information content (AvgIpc) is 2.70. The third-order valence-electron chi connectivity index (χ3n) is 4.23. The normalized spacial score (nSPS) is 11.4. The minimum absolute atomic E-state index is 0.0802. The van der Waals surface area contributed by atoms with Gasteiger partial charge in [-0.2, -0.15) is 0 Å². The summed E-state index contributed by atoms with van der Waals surface area (Å²) in [7, 11) is 0. The first-order valence-corrected chi connectivity index (χ1v) is 8.59. The SMILES string of the molecule is Nc1ccc(C(=O)N(c2ccc([N+](=O)[O-])cc2[N+](=O)[O-])[C@@H](CCC(=O)O)C(=O)O)cc1. The molecule has 162 valence electrons. The quantitative estimate of drug-likeness (QED) is 0.298. The first kappa shape index (κ1) is 22.7. The molecule has 0 aromatic heterocycles. The number of carboxylic acids is 2. The van der Waals surface area contributed by atoms with Crippen LogP contribution in [0, 0.1) is 20.2 Å². The monoisotopic (exact) mass is 432 g/mol. The summed E-state index contributed by atoms with van der Waals surface area (Å²) < 4.78 is 0. The van der Waals surface area contributed by atoms with E-state index in [0.717, 1.165) is 12.1 Å². The summed E-state index contributed by atoms with van der Waals surface area (Å²) in [5.41, 5.74) is 3.72. The first-order chi connectivity index (χ1) is 14.5. The number of rotatable bonds is 9. The summed E-state index contributed by atoms with van der Waals surface area (Å²) in [5, 5.41) is 41.1. The zero-order valence-corrected chi connectivity index (χ0v) is 15.7. The van der Waals surface area contributed by atoms with E-state index in [4.69, 9.17) is 10.8 Å². The van der Waals surface area contributed by atoms with E-state index < -0.39 is 63.6 Å². The Labute approximate surface area is 173 Å². The van der Waals surface area contributed by atoms with E-state index in [1.807, 2.05) is 0 Å². The van der Waals surface area contributed by atoms with E-state index in [9.17, 15) is 39.7 Å². The number of nitrogens with zero attached hydrogens (tertiary/aromatic N) is 3. The number of hydrogen-bond acceptors (Lipinski definition) is 8. The molecule has 13 nitrogen and oxygen atoms in total. The number of nitrogen functional groups attached to an aromatic ring is 1. The number of nitro groups is 2. The summed E-state index contributed by atoms with van der Waals surface area (Å²) in [6.07, 6.45) is -1.22. The topological polar surface area (TPSA) is 207 Å². The Morgan fingerprint density at radius 1 is 1.00 bits per heavy atom.